The Bertz CT molecular complexity index is 154. The maximum absolute atomic E-state index is 3.62. The molecule has 0 aromatic rings. The zero-order valence-corrected chi connectivity index (χ0v) is 16.5. The summed E-state index contributed by atoms with van der Waals surface area (Å²) in [6, 6.07) is 0. The van der Waals surface area contributed by atoms with Crippen LogP contribution in [0.1, 0.15) is 84.0 Å². The molecule has 118 valence electrons. The van der Waals surface area contributed by atoms with Crippen LogP contribution < -0.4 is 4.98 Å². The second kappa shape index (κ2) is 18.7. The summed E-state index contributed by atoms with van der Waals surface area (Å²) >= 11 is 0. The van der Waals surface area contributed by atoms with Crippen molar-refractivity contribution >= 4 is 25.9 Å². The molecule has 0 atom stereocenters. The van der Waals surface area contributed by atoms with E-state index < -0.39 is 8.96 Å². The average molecular weight is 352 g/mol. The number of unbranched alkanes of at least 4 members (excludes halogenated alkanes) is 11. The van der Waals surface area contributed by atoms with E-state index in [0.29, 0.717) is 0 Å². The molecule has 0 radical (unpaired) electrons. The third-order valence-electron chi connectivity index (χ3n) is 3.58. The lowest BCUT2D eigenvalue weighted by molar-refractivity contribution is 0.543. The fraction of sp³-hybridized carbons (Fsp3) is 1.00. The van der Waals surface area contributed by atoms with E-state index in [9.17, 15) is 0 Å². The Hall–Kier alpha value is 0.657. The van der Waals surface area contributed by atoms with Crippen LogP contribution in [-0.4, -0.2) is 15.5 Å². The van der Waals surface area contributed by atoms with Gasteiger partial charge in [0.25, 0.3) is 0 Å². The van der Waals surface area contributed by atoms with Gasteiger partial charge in [0.05, 0.1) is 0 Å². The number of rotatable bonds is 14. The van der Waals surface area contributed by atoms with Crippen LogP contribution in [0, 0.1) is 0 Å². The number of hydrogen-bond donors (Lipinski definition) is 1. The zero-order chi connectivity index (χ0) is 13.5. The monoisotopic (exact) mass is 351 g/mol. The van der Waals surface area contributed by atoms with Gasteiger partial charge in [0.15, 0.2) is 0 Å². The number of halogens is 1. The predicted octanol–water partition coefficient (Wildman–Crippen LogP) is 5.84. The SMILES string of the molecule is Br.CCCCCCCCCCCCCCN[SiH](C)C. The lowest BCUT2D eigenvalue weighted by atomic mass is 10.1. The molecule has 0 heterocycles. The fourth-order valence-electron chi connectivity index (χ4n) is 2.36. The molecule has 0 aliphatic carbocycles. The fourth-order valence-corrected chi connectivity index (χ4v) is 3.14. The molecule has 19 heavy (non-hydrogen) atoms. The van der Waals surface area contributed by atoms with Crippen LogP contribution in [0.4, 0.5) is 0 Å². The van der Waals surface area contributed by atoms with Gasteiger partial charge in [0.1, 0.15) is 8.96 Å². The molecule has 0 fully saturated rings. The Morgan fingerprint density at radius 1 is 0.632 bits per heavy atom. The van der Waals surface area contributed by atoms with Crippen LogP contribution >= 0.6 is 17.0 Å². The summed E-state index contributed by atoms with van der Waals surface area (Å²) in [5, 5.41) is 0. The van der Waals surface area contributed by atoms with E-state index in [1.54, 1.807) is 0 Å². The lowest BCUT2D eigenvalue weighted by Gasteiger charge is -2.06. The van der Waals surface area contributed by atoms with Crippen molar-refractivity contribution in [3.63, 3.8) is 0 Å². The Kier molecular flexibility index (Phi) is 21.6. The Labute approximate surface area is 134 Å². The normalized spacial score (nSPS) is 10.7. The van der Waals surface area contributed by atoms with E-state index in [1.807, 2.05) is 0 Å². The first-order valence-electron chi connectivity index (χ1n) is 8.50. The Morgan fingerprint density at radius 2 is 1.00 bits per heavy atom. The van der Waals surface area contributed by atoms with Crippen LogP contribution in [0.2, 0.25) is 13.1 Å². The van der Waals surface area contributed by atoms with E-state index >= 15 is 0 Å². The van der Waals surface area contributed by atoms with E-state index in [-0.39, 0.29) is 17.0 Å². The predicted molar refractivity (Wildman–Crippen MR) is 98.3 cm³/mol. The van der Waals surface area contributed by atoms with Gasteiger partial charge in [0.2, 0.25) is 0 Å². The highest BCUT2D eigenvalue weighted by atomic mass is 79.9. The minimum absolute atomic E-state index is 0. The lowest BCUT2D eigenvalue weighted by Crippen LogP contribution is -2.27. The largest absolute Gasteiger partial charge is 0.340 e. The van der Waals surface area contributed by atoms with Crippen LogP contribution in [0.3, 0.4) is 0 Å². The molecule has 3 heteroatoms. The summed E-state index contributed by atoms with van der Waals surface area (Å²) in [7, 11) is -0.507. The van der Waals surface area contributed by atoms with E-state index in [0.717, 1.165) is 0 Å². The van der Waals surface area contributed by atoms with Crippen molar-refractivity contribution in [2.75, 3.05) is 6.54 Å². The molecule has 0 amide bonds. The molecular weight excluding hydrogens is 314 g/mol. The quantitative estimate of drug-likeness (QED) is 0.306. The highest BCUT2D eigenvalue weighted by Gasteiger charge is 1.95. The smallest absolute Gasteiger partial charge is 0.102 e. The van der Waals surface area contributed by atoms with Gasteiger partial charge in [-0.05, 0) is 13.0 Å². The molecule has 0 rings (SSSR count). The first-order valence-corrected chi connectivity index (χ1v) is 11.4. The summed E-state index contributed by atoms with van der Waals surface area (Å²) in [6.07, 6.45) is 17.4. The number of nitrogens with one attached hydrogen (secondary N) is 1. The summed E-state index contributed by atoms with van der Waals surface area (Å²) < 4.78 is 0. The van der Waals surface area contributed by atoms with Gasteiger partial charge in [-0.2, -0.15) is 0 Å². The molecule has 0 aliphatic heterocycles. The van der Waals surface area contributed by atoms with Crippen molar-refractivity contribution in [3.8, 4) is 0 Å². The molecule has 1 nitrogen and oxygen atoms in total. The summed E-state index contributed by atoms with van der Waals surface area (Å²) in [5.74, 6) is 0. The summed E-state index contributed by atoms with van der Waals surface area (Å²) in [4.78, 5) is 3.62. The second-order valence-electron chi connectivity index (χ2n) is 6.00. The van der Waals surface area contributed by atoms with Crippen LogP contribution in [0.15, 0.2) is 0 Å². The first-order chi connectivity index (χ1) is 8.77. The van der Waals surface area contributed by atoms with Crippen molar-refractivity contribution < 1.29 is 0 Å². The molecule has 0 spiro atoms. The molecule has 0 aromatic carbocycles. The van der Waals surface area contributed by atoms with Crippen LogP contribution in [0.25, 0.3) is 0 Å². The standard InChI is InChI=1S/C16H37NSi.BrH/c1-4-5-6-7-8-9-10-11-12-13-14-15-16-17-18(2)3;/h17-18H,4-16H2,1-3H3;1H. The van der Waals surface area contributed by atoms with Crippen molar-refractivity contribution in [1.29, 1.82) is 0 Å². The maximum atomic E-state index is 3.62. The number of hydrogen-bond acceptors (Lipinski definition) is 1. The molecular formula is C16H38BrNSi. The first kappa shape index (κ1) is 21.9. The third-order valence-corrected chi connectivity index (χ3v) is 4.69. The van der Waals surface area contributed by atoms with Gasteiger partial charge in [-0.25, -0.2) is 0 Å². The molecule has 0 saturated heterocycles. The average Bonchev–Trinajstić information content (AvgIpc) is 2.34. The molecule has 0 aliphatic rings. The van der Waals surface area contributed by atoms with E-state index in [2.05, 4.69) is 25.0 Å². The van der Waals surface area contributed by atoms with Gasteiger partial charge >= 0.3 is 0 Å². The Morgan fingerprint density at radius 3 is 1.37 bits per heavy atom. The Balaban J connectivity index is 0. The van der Waals surface area contributed by atoms with Crippen LogP contribution in [-0.2, 0) is 0 Å². The van der Waals surface area contributed by atoms with Crippen molar-refractivity contribution in [1.82, 2.24) is 4.98 Å². The summed E-state index contributed by atoms with van der Waals surface area (Å²) in [6.45, 7) is 8.28. The van der Waals surface area contributed by atoms with Crippen molar-refractivity contribution in [2.45, 2.75) is 97.1 Å². The minimum atomic E-state index is -0.507. The molecule has 0 bridgehead atoms. The molecule has 0 unspecified atom stereocenters. The van der Waals surface area contributed by atoms with Crippen molar-refractivity contribution in [3.05, 3.63) is 0 Å². The van der Waals surface area contributed by atoms with Gasteiger partial charge in [-0.3, -0.25) is 0 Å². The summed E-state index contributed by atoms with van der Waals surface area (Å²) in [5.41, 5.74) is 0. The molecule has 1 N–H and O–H groups in total. The highest BCUT2D eigenvalue weighted by Crippen LogP contribution is 2.11. The van der Waals surface area contributed by atoms with E-state index in [4.69, 9.17) is 0 Å². The zero-order valence-electron chi connectivity index (χ0n) is 13.7. The molecule has 0 saturated carbocycles. The van der Waals surface area contributed by atoms with Gasteiger partial charge in [0, 0.05) is 0 Å². The minimum Gasteiger partial charge on any atom is -0.340 e. The van der Waals surface area contributed by atoms with Crippen LogP contribution in [0.5, 0.6) is 0 Å². The van der Waals surface area contributed by atoms with Gasteiger partial charge in [-0.15, -0.1) is 17.0 Å². The topological polar surface area (TPSA) is 12.0 Å². The second-order valence-corrected chi connectivity index (χ2v) is 8.72. The maximum Gasteiger partial charge on any atom is 0.102 e. The van der Waals surface area contributed by atoms with Gasteiger partial charge in [-0.1, -0.05) is 90.6 Å². The van der Waals surface area contributed by atoms with Gasteiger partial charge < -0.3 is 4.98 Å². The molecule has 0 aromatic heterocycles. The highest BCUT2D eigenvalue weighted by molar-refractivity contribution is 8.93. The van der Waals surface area contributed by atoms with E-state index in [1.165, 1.54) is 83.6 Å². The third kappa shape index (κ3) is 21.1. The van der Waals surface area contributed by atoms with Crippen molar-refractivity contribution in [2.24, 2.45) is 0 Å².